The summed E-state index contributed by atoms with van der Waals surface area (Å²) in [6, 6.07) is 14.9. The van der Waals surface area contributed by atoms with Crippen LogP contribution in [-0.4, -0.2) is 33.5 Å². The van der Waals surface area contributed by atoms with Crippen LogP contribution in [0.2, 0.25) is 5.02 Å². The zero-order chi connectivity index (χ0) is 18.4. The fourth-order valence-electron chi connectivity index (χ4n) is 2.23. The Labute approximate surface area is 160 Å². The standard InChI is InChI=1S/C18H17ClN4O2S/c1-25-16-8-6-15(7-9-16)23-12-21-22-18(23)26-11-17(24)20-10-13-2-4-14(19)5-3-13/h2-9,12H,10-11H2,1H3,(H,20,24). The number of nitrogens with one attached hydrogen (secondary N) is 1. The summed E-state index contributed by atoms with van der Waals surface area (Å²) in [7, 11) is 1.62. The van der Waals surface area contributed by atoms with Gasteiger partial charge in [-0.2, -0.15) is 0 Å². The lowest BCUT2D eigenvalue weighted by molar-refractivity contribution is -0.118. The van der Waals surface area contributed by atoms with E-state index in [2.05, 4.69) is 15.5 Å². The molecule has 0 saturated heterocycles. The van der Waals surface area contributed by atoms with E-state index in [1.54, 1.807) is 25.6 Å². The average molecular weight is 389 g/mol. The lowest BCUT2D eigenvalue weighted by atomic mass is 10.2. The highest BCUT2D eigenvalue weighted by molar-refractivity contribution is 7.99. The van der Waals surface area contributed by atoms with E-state index in [1.807, 2.05) is 41.0 Å². The first-order valence-electron chi connectivity index (χ1n) is 7.84. The summed E-state index contributed by atoms with van der Waals surface area (Å²) >= 11 is 7.18. The van der Waals surface area contributed by atoms with Gasteiger partial charge in [0.2, 0.25) is 5.91 Å². The zero-order valence-electron chi connectivity index (χ0n) is 14.1. The molecule has 1 N–H and O–H groups in total. The van der Waals surface area contributed by atoms with Crippen LogP contribution in [0.1, 0.15) is 5.56 Å². The van der Waals surface area contributed by atoms with Gasteiger partial charge < -0.3 is 10.1 Å². The molecule has 0 spiro atoms. The van der Waals surface area contributed by atoms with Gasteiger partial charge in [-0.25, -0.2) is 0 Å². The van der Waals surface area contributed by atoms with E-state index >= 15 is 0 Å². The molecule has 134 valence electrons. The van der Waals surface area contributed by atoms with Gasteiger partial charge in [-0.15, -0.1) is 10.2 Å². The van der Waals surface area contributed by atoms with Crippen molar-refractivity contribution in [2.75, 3.05) is 12.9 Å². The van der Waals surface area contributed by atoms with Crippen LogP contribution in [0.3, 0.4) is 0 Å². The molecule has 3 rings (SSSR count). The number of hydrogen-bond donors (Lipinski definition) is 1. The molecule has 0 radical (unpaired) electrons. The van der Waals surface area contributed by atoms with Crippen molar-refractivity contribution >= 4 is 29.3 Å². The van der Waals surface area contributed by atoms with Crippen LogP contribution < -0.4 is 10.1 Å². The second-order valence-corrected chi connectivity index (χ2v) is 6.75. The Bertz CT molecular complexity index is 866. The van der Waals surface area contributed by atoms with Gasteiger partial charge in [0.05, 0.1) is 12.9 Å². The molecular formula is C18H17ClN4O2S. The monoisotopic (exact) mass is 388 g/mol. The first-order valence-corrected chi connectivity index (χ1v) is 9.20. The number of ether oxygens (including phenoxy) is 1. The molecule has 0 unspecified atom stereocenters. The molecule has 1 amide bonds. The molecule has 0 aliphatic rings. The summed E-state index contributed by atoms with van der Waals surface area (Å²) in [6.07, 6.45) is 1.62. The highest BCUT2D eigenvalue weighted by Crippen LogP contribution is 2.21. The van der Waals surface area contributed by atoms with E-state index in [-0.39, 0.29) is 11.7 Å². The predicted molar refractivity (Wildman–Crippen MR) is 102 cm³/mol. The molecule has 6 nitrogen and oxygen atoms in total. The summed E-state index contributed by atoms with van der Waals surface area (Å²) in [6.45, 7) is 0.460. The zero-order valence-corrected chi connectivity index (χ0v) is 15.6. The number of benzene rings is 2. The predicted octanol–water partition coefficient (Wildman–Crippen LogP) is 3.34. The number of carbonyl (C=O) groups excluding carboxylic acids is 1. The number of aromatic nitrogens is 3. The van der Waals surface area contributed by atoms with Crippen molar-refractivity contribution in [3.05, 3.63) is 65.4 Å². The van der Waals surface area contributed by atoms with E-state index in [9.17, 15) is 4.79 Å². The van der Waals surface area contributed by atoms with Crippen LogP contribution in [0.25, 0.3) is 5.69 Å². The largest absolute Gasteiger partial charge is 0.497 e. The van der Waals surface area contributed by atoms with Crippen LogP contribution >= 0.6 is 23.4 Å². The molecule has 8 heteroatoms. The van der Waals surface area contributed by atoms with Crippen molar-refractivity contribution in [2.24, 2.45) is 0 Å². The van der Waals surface area contributed by atoms with Crippen molar-refractivity contribution in [2.45, 2.75) is 11.7 Å². The highest BCUT2D eigenvalue weighted by Gasteiger charge is 2.10. The number of nitrogens with zero attached hydrogens (tertiary/aromatic N) is 3. The lowest BCUT2D eigenvalue weighted by Crippen LogP contribution is -2.24. The van der Waals surface area contributed by atoms with E-state index in [4.69, 9.17) is 16.3 Å². The molecule has 1 heterocycles. The van der Waals surface area contributed by atoms with Gasteiger partial charge in [-0.3, -0.25) is 9.36 Å². The Morgan fingerprint density at radius 3 is 2.62 bits per heavy atom. The minimum absolute atomic E-state index is 0.0748. The fourth-order valence-corrected chi connectivity index (χ4v) is 3.11. The van der Waals surface area contributed by atoms with Crippen molar-refractivity contribution in [3.63, 3.8) is 0 Å². The average Bonchev–Trinajstić information content (AvgIpc) is 3.14. The molecule has 1 aromatic heterocycles. The molecule has 0 saturated carbocycles. The quantitative estimate of drug-likeness (QED) is 0.629. The molecular weight excluding hydrogens is 372 g/mol. The van der Waals surface area contributed by atoms with Gasteiger partial charge in [0.15, 0.2) is 5.16 Å². The van der Waals surface area contributed by atoms with E-state index < -0.39 is 0 Å². The molecule has 26 heavy (non-hydrogen) atoms. The van der Waals surface area contributed by atoms with E-state index in [0.717, 1.165) is 17.0 Å². The van der Waals surface area contributed by atoms with Crippen LogP contribution in [0, 0.1) is 0 Å². The van der Waals surface area contributed by atoms with Gasteiger partial charge in [0.25, 0.3) is 0 Å². The molecule has 0 aliphatic heterocycles. The lowest BCUT2D eigenvalue weighted by Gasteiger charge is -2.08. The third kappa shape index (κ3) is 4.77. The highest BCUT2D eigenvalue weighted by atomic mass is 35.5. The molecule has 3 aromatic rings. The van der Waals surface area contributed by atoms with Crippen molar-refractivity contribution in [3.8, 4) is 11.4 Å². The van der Waals surface area contributed by atoms with Crippen molar-refractivity contribution < 1.29 is 9.53 Å². The first-order chi connectivity index (χ1) is 12.7. The molecule has 0 atom stereocenters. The molecule has 0 bridgehead atoms. The van der Waals surface area contributed by atoms with Gasteiger partial charge >= 0.3 is 0 Å². The molecule has 2 aromatic carbocycles. The summed E-state index contributed by atoms with van der Waals surface area (Å²) in [5.41, 5.74) is 1.90. The van der Waals surface area contributed by atoms with Crippen LogP contribution in [0.15, 0.2) is 60.0 Å². The maximum absolute atomic E-state index is 12.1. The van der Waals surface area contributed by atoms with Gasteiger partial charge in [0.1, 0.15) is 12.1 Å². The van der Waals surface area contributed by atoms with Crippen LogP contribution in [0.5, 0.6) is 5.75 Å². The maximum atomic E-state index is 12.1. The SMILES string of the molecule is COc1ccc(-n2cnnc2SCC(=O)NCc2ccc(Cl)cc2)cc1. The Balaban J connectivity index is 1.55. The third-order valence-electron chi connectivity index (χ3n) is 3.60. The number of hydrogen-bond acceptors (Lipinski definition) is 5. The number of thioether (sulfide) groups is 1. The fraction of sp³-hybridized carbons (Fsp3) is 0.167. The second-order valence-electron chi connectivity index (χ2n) is 5.37. The number of amides is 1. The topological polar surface area (TPSA) is 69.0 Å². The van der Waals surface area contributed by atoms with Crippen molar-refractivity contribution in [1.29, 1.82) is 0 Å². The number of carbonyl (C=O) groups is 1. The Morgan fingerprint density at radius 2 is 1.92 bits per heavy atom. The number of rotatable bonds is 7. The van der Waals surface area contributed by atoms with E-state index in [1.165, 1.54) is 11.8 Å². The number of halogens is 1. The summed E-state index contributed by atoms with van der Waals surface area (Å²) in [4.78, 5) is 12.1. The number of methoxy groups -OCH3 is 1. The minimum Gasteiger partial charge on any atom is -0.497 e. The smallest absolute Gasteiger partial charge is 0.230 e. The molecule has 0 aliphatic carbocycles. The maximum Gasteiger partial charge on any atom is 0.230 e. The Morgan fingerprint density at radius 1 is 1.19 bits per heavy atom. The normalized spacial score (nSPS) is 10.5. The minimum atomic E-state index is -0.0748. The summed E-state index contributed by atoms with van der Waals surface area (Å²) in [5, 5.41) is 12.2. The van der Waals surface area contributed by atoms with E-state index in [0.29, 0.717) is 16.7 Å². The molecule has 0 fully saturated rings. The van der Waals surface area contributed by atoms with Crippen LogP contribution in [0.4, 0.5) is 0 Å². The van der Waals surface area contributed by atoms with Gasteiger partial charge in [-0.1, -0.05) is 35.5 Å². The summed E-state index contributed by atoms with van der Waals surface area (Å²) < 4.78 is 6.99. The van der Waals surface area contributed by atoms with Gasteiger partial charge in [0, 0.05) is 17.3 Å². The second kappa shape index (κ2) is 8.73. The Kier molecular flexibility index (Phi) is 6.14. The van der Waals surface area contributed by atoms with Gasteiger partial charge in [-0.05, 0) is 42.0 Å². The Hall–Kier alpha value is -2.51. The first kappa shape index (κ1) is 18.3. The van der Waals surface area contributed by atoms with Crippen LogP contribution in [-0.2, 0) is 11.3 Å². The third-order valence-corrected chi connectivity index (χ3v) is 4.80. The van der Waals surface area contributed by atoms with Crippen molar-refractivity contribution in [1.82, 2.24) is 20.1 Å². The summed E-state index contributed by atoms with van der Waals surface area (Å²) in [5.74, 6) is 0.953.